The largest absolute Gasteiger partial charge is 0.351 e. The summed E-state index contributed by atoms with van der Waals surface area (Å²) in [6, 6.07) is 4.51. The second-order valence-corrected chi connectivity index (χ2v) is 3.59. The molecule has 1 rings (SSSR count). The van der Waals surface area contributed by atoms with Gasteiger partial charge < -0.3 is 10.6 Å². The first-order valence-corrected chi connectivity index (χ1v) is 5.40. The Morgan fingerprint density at radius 3 is 2.81 bits per heavy atom. The summed E-state index contributed by atoms with van der Waals surface area (Å²) in [4.78, 5) is 11.6. The highest BCUT2D eigenvalue weighted by atomic mass is 19.1. The van der Waals surface area contributed by atoms with Crippen LogP contribution in [0.4, 0.5) is 4.39 Å². The van der Waals surface area contributed by atoms with Crippen molar-refractivity contribution in [2.75, 3.05) is 19.6 Å². The summed E-state index contributed by atoms with van der Waals surface area (Å²) in [5, 5.41) is 5.73. The van der Waals surface area contributed by atoms with E-state index in [0.29, 0.717) is 13.1 Å². The number of nitrogens with one attached hydrogen (secondary N) is 2. The maximum atomic E-state index is 13.3. The topological polar surface area (TPSA) is 41.1 Å². The Kier molecular flexibility index (Phi) is 4.92. The van der Waals surface area contributed by atoms with E-state index in [-0.39, 0.29) is 11.5 Å². The molecule has 0 radical (unpaired) electrons. The molecule has 0 unspecified atom stereocenters. The molecule has 0 aliphatic carbocycles. The van der Waals surface area contributed by atoms with E-state index in [1.807, 2.05) is 13.8 Å². The SMILES string of the molecule is CCNCCNC(=O)c1cc(C)ccc1F. The first-order chi connectivity index (χ1) is 7.65. The average molecular weight is 224 g/mol. The average Bonchev–Trinajstić information content (AvgIpc) is 2.27. The first kappa shape index (κ1) is 12.6. The fourth-order valence-corrected chi connectivity index (χ4v) is 1.35. The first-order valence-electron chi connectivity index (χ1n) is 5.40. The van der Waals surface area contributed by atoms with E-state index in [2.05, 4.69) is 10.6 Å². The Morgan fingerprint density at radius 1 is 1.38 bits per heavy atom. The predicted molar refractivity (Wildman–Crippen MR) is 62.0 cm³/mol. The maximum absolute atomic E-state index is 13.3. The van der Waals surface area contributed by atoms with Crippen molar-refractivity contribution >= 4 is 5.91 Å². The van der Waals surface area contributed by atoms with Gasteiger partial charge in [0.1, 0.15) is 5.82 Å². The molecule has 0 atom stereocenters. The number of hydrogen-bond acceptors (Lipinski definition) is 2. The number of halogens is 1. The van der Waals surface area contributed by atoms with Crippen molar-refractivity contribution in [2.24, 2.45) is 0 Å². The van der Waals surface area contributed by atoms with Gasteiger partial charge in [-0.1, -0.05) is 18.6 Å². The highest BCUT2D eigenvalue weighted by Gasteiger charge is 2.10. The summed E-state index contributed by atoms with van der Waals surface area (Å²) in [6.45, 7) is 5.86. The van der Waals surface area contributed by atoms with Crippen molar-refractivity contribution in [1.82, 2.24) is 10.6 Å². The molecule has 88 valence electrons. The van der Waals surface area contributed by atoms with Gasteiger partial charge in [-0.25, -0.2) is 4.39 Å². The lowest BCUT2D eigenvalue weighted by Gasteiger charge is -2.07. The smallest absolute Gasteiger partial charge is 0.254 e. The molecule has 0 saturated heterocycles. The van der Waals surface area contributed by atoms with Gasteiger partial charge in [-0.15, -0.1) is 0 Å². The number of carbonyl (C=O) groups excluding carboxylic acids is 1. The number of rotatable bonds is 5. The van der Waals surface area contributed by atoms with Gasteiger partial charge in [0, 0.05) is 13.1 Å². The van der Waals surface area contributed by atoms with Gasteiger partial charge in [0.2, 0.25) is 0 Å². The third kappa shape index (κ3) is 3.62. The molecule has 4 heteroatoms. The van der Waals surface area contributed by atoms with Crippen LogP contribution in [0.3, 0.4) is 0 Å². The number of hydrogen-bond donors (Lipinski definition) is 2. The molecule has 0 bridgehead atoms. The van der Waals surface area contributed by atoms with Crippen molar-refractivity contribution in [2.45, 2.75) is 13.8 Å². The van der Waals surface area contributed by atoms with E-state index < -0.39 is 5.82 Å². The molecule has 1 amide bonds. The number of amides is 1. The third-order valence-electron chi connectivity index (χ3n) is 2.20. The van der Waals surface area contributed by atoms with Crippen LogP contribution in [0.15, 0.2) is 18.2 Å². The zero-order valence-corrected chi connectivity index (χ0v) is 9.64. The van der Waals surface area contributed by atoms with E-state index in [9.17, 15) is 9.18 Å². The zero-order chi connectivity index (χ0) is 12.0. The molecule has 0 aliphatic rings. The van der Waals surface area contributed by atoms with Crippen molar-refractivity contribution in [1.29, 1.82) is 0 Å². The molecule has 2 N–H and O–H groups in total. The van der Waals surface area contributed by atoms with Crippen LogP contribution in [0.5, 0.6) is 0 Å². The van der Waals surface area contributed by atoms with Crippen molar-refractivity contribution in [3.63, 3.8) is 0 Å². The van der Waals surface area contributed by atoms with E-state index in [1.54, 1.807) is 12.1 Å². The fourth-order valence-electron chi connectivity index (χ4n) is 1.35. The molecular formula is C12H17FN2O. The highest BCUT2D eigenvalue weighted by Crippen LogP contribution is 2.09. The second-order valence-electron chi connectivity index (χ2n) is 3.59. The number of carbonyl (C=O) groups is 1. The van der Waals surface area contributed by atoms with Gasteiger partial charge in [-0.3, -0.25) is 4.79 Å². The van der Waals surface area contributed by atoms with Crippen molar-refractivity contribution in [3.05, 3.63) is 35.1 Å². The molecule has 16 heavy (non-hydrogen) atoms. The molecule has 0 saturated carbocycles. The van der Waals surface area contributed by atoms with Crippen LogP contribution >= 0.6 is 0 Å². The van der Waals surface area contributed by atoms with Crippen LogP contribution in [0.1, 0.15) is 22.8 Å². The zero-order valence-electron chi connectivity index (χ0n) is 9.64. The molecule has 0 spiro atoms. The molecule has 1 aromatic carbocycles. The van der Waals surface area contributed by atoms with Gasteiger partial charge in [0.25, 0.3) is 5.91 Å². The lowest BCUT2D eigenvalue weighted by atomic mass is 10.1. The summed E-state index contributed by atoms with van der Waals surface area (Å²) in [6.07, 6.45) is 0. The third-order valence-corrected chi connectivity index (χ3v) is 2.20. The van der Waals surface area contributed by atoms with Crippen LogP contribution in [0, 0.1) is 12.7 Å². The summed E-state index contributed by atoms with van der Waals surface area (Å²) in [5.74, 6) is -0.842. The Bertz CT molecular complexity index is 366. The van der Waals surface area contributed by atoms with Gasteiger partial charge in [0.05, 0.1) is 5.56 Å². The van der Waals surface area contributed by atoms with Crippen LogP contribution in [-0.2, 0) is 0 Å². The minimum atomic E-state index is -0.480. The van der Waals surface area contributed by atoms with Crippen LogP contribution < -0.4 is 10.6 Å². The summed E-state index contributed by atoms with van der Waals surface area (Å²) in [5.41, 5.74) is 0.981. The Balaban J connectivity index is 2.55. The molecular weight excluding hydrogens is 207 g/mol. The van der Waals surface area contributed by atoms with Gasteiger partial charge in [0.15, 0.2) is 0 Å². The van der Waals surface area contributed by atoms with Crippen LogP contribution in [0.25, 0.3) is 0 Å². The summed E-state index contributed by atoms with van der Waals surface area (Å²) >= 11 is 0. The standard InChI is InChI=1S/C12H17FN2O/c1-3-14-6-7-15-12(16)10-8-9(2)4-5-11(10)13/h4-5,8,14H,3,6-7H2,1-2H3,(H,15,16). The molecule has 0 aromatic heterocycles. The van der Waals surface area contributed by atoms with Gasteiger partial charge >= 0.3 is 0 Å². The number of likely N-dealkylation sites (N-methyl/N-ethyl adjacent to an activating group) is 1. The molecule has 0 fully saturated rings. The number of aryl methyl sites for hydroxylation is 1. The van der Waals surface area contributed by atoms with Crippen molar-refractivity contribution < 1.29 is 9.18 Å². The summed E-state index contributed by atoms with van der Waals surface area (Å²) in [7, 11) is 0. The van der Waals surface area contributed by atoms with Crippen LogP contribution in [-0.4, -0.2) is 25.5 Å². The molecule has 0 heterocycles. The number of benzene rings is 1. The lowest BCUT2D eigenvalue weighted by molar-refractivity contribution is 0.0950. The Morgan fingerprint density at radius 2 is 2.12 bits per heavy atom. The molecule has 3 nitrogen and oxygen atoms in total. The molecule has 0 aliphatic heterocycles. The van der Waals surface area contributed by atoms with E-state index >= 15 is 0 Å². The van der Waals surface area contributed by atoms with E-state index in [1.165, 1.54) is 6.07 Å². The minimum Gasteiger partial charge on any atom is -0.351 e. The summed E-state index contributed by atoms with van der Waals surface area (Å²) < 4.78 is 13.3. The molecule has 1 aromatic rings. The second kappa shape index (κ2) is 6.23. The Hall–Kier alpha value is -1.42. The van der Waals surface area contributed by atoms with Gasteiger partial charge in [-0.05, 0) is 25.6 Å². The highest BCUT2D eigenvalue weighted by molar-refractivity contribution is 5.94. The van der Waals surface area contributed by atoms with E-state index in [0.717, 1.165) is 12.1 Å². The maximum Gasteiger partial charge on any atom is 0.254 e. The lowest BCUT2D eigenvalue weighted by Crippen LogP contribution is -2.32. The predicted octanol–water partition coefficient (Wildman–Crippen LogP) is 1.47. The quantitative estimate of drug-likeness (QED) is 0.744. The fraction of sp³-hybridized carbons (Fsp3) is 0.417. The Labute approximate surface area is 95.0 Å². The normalized spacial score (nSPS) is 10.2. The minimum absolute atomic E-state index is 0.108. The van der Waals surface area contributed by atoms with Gasteiger partial charge in [-0.2, -0.15) is 0 Å². The van der Waals surface area contributed by atoms with E-state index in [4.69, 9.17) is 0 Å². The van der Waals surface area contributed by atoms with Crippen LogP contribution in [0.2, 0.25) is 0 Å². The van der Waals surface area contributed by atoms with Crippen molar-refractivity contribution in [3.8, 4) is 0 Å². The monoisotopic (exact) mass is 224 g/mol.